The van der Waals surface area contributed by atoms with E-state index in [0.29, 0.717) is 19.6 Å². The number of hydrogen-bond donors (Lipinski definition) is 1. The quantitative estimate of drug-likeness (QED) is 0.0385. The number of esters is 1. The van der Waals surface area contributed by atoms with Crippen molar-refractivity contribution in [1.82, 2.24) is 0 Å². The van der Waals surface area contributed by atoms with Crippen molar-refractivity contribution in [2.45, 2.75) is 225 Å². The van der Waals surface area contributed by atoms with Gasteiger partial charge in [0.2, 0.25) is 0 Å². The largest absolute Gasteiger partial charge is 0.457 e. The second kappa shape index (κ2) is 46.2. The van der Waals surface area contributed by atoms with Gasteiger partial charge in [0.25, 0.3) is 0 Å². The van der Waals surface area contributed by atoms with Crippen LogP contribution in [0.25, 0.3) is 0 Å². The summed E-state index contributed by atoms with van der Waals surface area (Å²) in [7, 11) is 0. The summed E-state index contributed by atoms with van der Waals surface area (Å²) in [5, 5.41) is 9.61. The monoisotopic (exact) mass is 741 g/mol. The average Bonchev–Trinajstić information content (AvgIpc) is 3.16. The van der Waals surface area contributed by atoms with Crippen LogP contribution in [0.1, 0.15) is 219 Å². The zero-order valence-corrected chi connectivity index (χ0v) is 35.3. The first-order valence-electron chi connectivity index (χ1n) is 22.9. The van der Waals surface area contributed by atoms with Crippen molar-refractivity contribution >= 4 is 5.97 Å². The van der Waals surface area contributed by atoms with E-state index in [2.05, 4.69) is 74.6 Å². The van der Waals surface area contributed by atoms with Crippen LogP contribution in [0.15, 0.2) is 60.8 Å². The summed E-state index contributed by atoms with van der Waals surface area (Å²) in [5.41, 5.74) is 0. The van der Waals surface area contributed by atoms with Gasteiger partial charge < -0.3 is 14.6 Å². The molecular formula is C49H88O4. The molecule has 0 spiro atoms. The van der Waals surface area contributed by atoms with Crippen LogP contribution in [0.3, 0.4) is 0 Å². The molecule has 4 nitrogen and oxygen atoms in total. The fourth-order valence-corrected chi connectivity index (χ4v) is 6.43. The Hall–Kier alpha value is -1.91. The summed E-state index contributed by atoms with van der Waals surface area (Å²) < 4.78 is 11.2. The highest BCUT2D eigenvalue weighted by Crippen LogP contribution is 2.14. The van der Waals surface area contributed by atoms with E-state index in [9.17, 15) is 9.90 Å². The molecule has 0 aromatic carbocycles. The molecule has 308 valence electrons. The second-order valence-corrected chi connectivity index (χ2v) is 15.1. The van der Waals surface area contributed by atoms with Gasteiger partial charge in [0.05, 0.1) is 13.2 Å². The first kappa shape index (κ1) is 51.1. The molecule has 0 aromatic rings. The lowest BCUT2D eigenvalue weighted by Crippen LogP contribution is -2.27. The van der Waals surface area contributed by atoms with Gasteiger partial charge in [0.1, 0.15) is 6.10 Å². The van der Waals surface area contributed by atoms with E-state index < -0.39 is 6.10 Å². The number of ether oxygens (including phenoxy) is 2. The lowest BCUT2D eigenvalue weighted by molar-refractivity contribution is -0.154. The van der Waals surface area contributed by atoms with Gasteiger partial charge in [0.15, 0.2) is 0 Å². The smallest absolute Gasteiger partial charge is 0.306 e. The maximum Gasteiger partial charge on any atom is 0.306 e. The summed E-state index contributed by atoms with van der Waals surface area (Å²) >= 11 is 0. The third kappa shape index (κ3) is 44.4. The van der Waals surface area contributed by atoms with Gasteiger partial charge >= 0.3 is 5.97 Å². The molecule has 0 saturated carbocycles. The predicted molar refractivity (Wildman–Crippen MR) is 233 cm³/mol. The van der Waals surface area contributed by atoms with Gasteiger partial charge in [-0.25, -0.2) is 0 Å². The Kier molecular flexibility index (Phi) is 44.6. The molecule has 0 heterocycles. The minimum absolute atomic E-state index is 0.176. The fourth-order valence-electron chi connectivity index (χ4n) is 6.43. The molecule has 0 aliphatic rings. The zero-order valence-electron chi connectivity index (χ0n) is 35.3. The van der Waals surface area contributed by atoms with Gasteiger partial charge in [-0.1, -0.05) is 197 Å². The maximum absolute atomic E-state index is 12.2. The second-order valence-electron chi connectivity index (χ2n) is 15.1. The van der Waals surface area contributed by atoms with Crippen LogP contribution < -0.4 is 0 Å². The molecule has 0 rings (SSSR count). The molecule has 0 bridgehead atoms. The molecule has 0 aliphatic carbocycles. The summed E-state index contributed by atoms with van der Waals surface area (Å²) in [5.74, 6) is -0.209. The number of carbonyl (C=O) groups excluding carboxylic acids is 1. The number of unbranched alkanes of at least 4 members (excludes halogenated alkanes) is 24. The average molecular weight is 741 g/mol. The summed E-state index contributed by atoms with van der Waals surface area (Å²) in [4.78, 5) is 12.2. The number of aliphatic hydroxyl groups is 1. The highest BCUT2D eigenvalue weighted by atomic mass is 16.6. The number of aliphatic hydroxyl groups excluding tert-OH is 1. The Morgan fingerprint density at radius 3 is 1.30 bits per heavy atom. The van der Waals surface area contributed by atoms with Crippen LogP contribution in [-0.4, -0.2) is 37.0 Å². The number of hydrogen-bond acceptors (Lipinski definition) is 4. The van der Waals surface area contributed by atoms with Crippen molar-refractivity contribution in [2.24, 2.45) is 0 Å². The highest BCUT2D eigenvalue weighted by molar-refractivity contribution is 5.69. The van der Waals surface area contributed by atoms with Crippen molar-refractivity contribution < 1.29 is 19.4 Å². The van der Waals surface area contributed by atoms with Crippen LogP contribution in [0.5, 0.6) is 0 Å². The Morgan fingerprint density at radius 2 is 0.849 bits per heavy atom. The summed E-state index contributed by atoms with van der Waals surface area (Å²) in [6, 6.07) is 0. The predicted octanol–water partition coefficient (Wildman–Crippen LogP) is 15.2. The molecule has 0 aromatic heterocycles. The van der Waals surface area contributed by atoms with Gasteiger partial charge in [0, 0.05) is 13.0 Å². The molecule has 53 heavy (non-hydrogen) atoms. The van der Waals surface area contributed by atoms with Crippen LogP contribution in [0.2, 0.25) is 0 Å². The Balaban J connectivity index is 3.42. The first-order valence-corrected chi connectivity index (χ1v) is 22.9. The third-order valence-corrected chi connectivity index (χ3v) is 9.83. The normalized spacial score (nSPS) is 12.9. The minimum atomic E-state index is -0.540. The summed E-state index contributed by atoms with van der Waals surface area (Å²) in [6.07, 6.45) is 61.5. The molecule has 0 fully saturated rings. The van der Waals surface area contributed by atoms with Gasteiger partial charge in [-0.15, -0.1) is 0 Å². The van der Waals surface area contributed by atoms with Gasteiger partial charge in [-0.2, -0.15) is 0 Å². The molecule has 0 radical (unpaired) electrons. The van der Waals surface area contributed by atoms with Crippen LogP contribution in [0.4, 0.5) is 0 Å². The standard InChI is InChI=1S/C49H88O4/c1-3-5-7-9-11-13-15-17-19-20-21-22-23-24-25-26-27-28-29-31-33-35-37-39-41-43-45-52-47-48(46-50)53-49(51)44-42-40-38-36-34-32-30-18-16-14-12-10-8-6-4-2/h5,7,11,13,17-19,21-22,30,48,50H,3-4,6,8-10,12,14-16,20,23-29,31-47H2,1-2H3/b7-5-,13-11-,19-17-,22-21-,30-18-. The lowest BCUT2D eigenvalue weighted by atomic mass is 10.0. The molecule has 1 atom stereocenters. The van der Waals surface area contributed by atoms with Crippen molar-refractivity contribution in [2.75, 3.05) is 19.8 Å². The summed E-state index contributed by atoms with van der Waals surface area (Å²) in [6.45, 7) is 5.23. The van der Waals surface area contributed by atoms with E-state index in [1.807, 2.05) is 0 Å². The fraction of sp³-hybridized carbons (Fsp3) is 0.776. The van der Waals surface area contributed by atoms with E-state index in [-0.39, 0.29) is 12.6 Å². The van der Waals surface area contributed by atoms with Crippen LogP contribution in [0, 0.1) is 0 Å². The maximum atomic E-state index is 12.2. The van der Waals surface area contributed by atoms with Crippen molar-refractivity contribution in [3.63, 3.8) is 0 Å². The molecule has 0 saturated heterocycles. The Morgan fingerprint density at radius 1 is 0.472 bits per heavy atom. The van der Waals surface area contributed by atoms with Gasteiger partial charge in [-0.05, 0) is 77.0 Å². The topological polar surface area (TPSA) is 55.8 Å². The van der Waals surface area contributed by atoms with E-state index in [0.717, 1.165) is 44.9 Å². The van der Waals surface area contributed by atoms with Crippen molar-refractivity contribution in [3.05, 3.63) is 60.8 Å². The first-order chi connectivity index (χ1) is 26.2. The molecule has 1 unspecified atom stereocenters. The minimum Gasteiger partial charge on any atom is -0.457 e. The van der Waals surface area contributed by atoms with Crippen molar-refractivity contribution in [3.8, 4) is 0 Å². The number of carbonyl (C=O) groups is 1. The lowest BCUT2D eigenvalue weighted by Gasteiger charge is -2.15. The Labute approximate surface area is 330 Å². The van der Waals surface area contributed by atoms with E-state index in [1.165, 1.54) is 154 Å². The number of allylic oxidation sites excluding steroid dienone is 10. The zero-order chi connectivity index (χ0) is 38.4. The van der Waals surface area contributed by atoms with Crippen LogP contribution in [-0.2, 0) is 14.3 Å². The van der Waals surface area contributed by atoms with E-state index >= 15 is 0 Å². The molecule has 0 amide bonds. The molecule has 4 heteroatoms. The highest BCUT2D eigenvalue weighted by Gasteiger charge is 2.13. The van der Waals surface area contributed by atoms with Crippen LogP contribution >= 0.6 is 0 Å². The van der Waals surface area contributed by atoms with Crippen molar-refractivity contribution in [1.29, 1.82) is 0 Å². The van der Waals surface area contributed by atoms with E-state index in [1.54, 1.807) is 0 Å². The molecular weight excluding hydrogens is 653 g/mol. The third-order valence-electron chi connectivity index (χ3n) is 9.83. The Bertz CT molecular complexity index is 870. The number of rotatable bonds is 42. The SMILES string of the molecule is CC/C=C\C/C=C\C/C=C\C/C=C\CCCCCCCCCCCCCCCOCC(CO)OC(=O)CCCCCCC/C=C\CCCCCCCC. The molecule has 0 aliphatic heterocycles. The van der Waals surface area contributed by atoms with Gasteiger partial charge in [-0.3, -0.25) is 4.79 Å². The molecule has 1 N–H and O–H groups in total. The van der Waals surface area contributed by atoms with E-state index in [4.69, 9.17) is 9.47 Å².